The first-order valence-electron chi connectivity index (χ1n) is 5.50. The molecule has 0 aliphatic heterocycles. The Bertz CT molecular complexity index is 721. The zero-order valence-corrected chi connectivity index (χ0v) is 12.5. The normalized spacial score (nSPS) is 14.5. The lowest BCUT2D eigenvalue weighted by atomic mass is 9.97. The Morgan fingerprint density at radius 1 is 1.24 bits per heavy atom. The highest BCUT2D eigenvalue weighted by molar-refractivity contribution is 7.10. The van der Waals surface area contributed by atoms with Gasteiger partial charge in [0, 0.05) is 26.5 Å². The second-order valence-electron chi connectivity index (χ2n) is 4.21. The van der Waals surface area contributed by atoms with E-state index in [4.69, 9.17) is 28.9 Å². The Balaban J connectivity index is 2.56. The molecule has 0 aliphatic carbocycles. The zero-order chi connectivity index (χ0) is 15.8. The molecule has 1 atom stereocenters. The lowest BCUT2D eigenvalue weighted by Crippen LogP contribution is -2.17. The SMILES string of the molecule is N#CC(Cl)(c1cc(C(F)(F)F)cs1)c1ccc(N)cc1Cl. The van der Waals surface area contributed by atoms with Gasteiger partial charge in [0.15, 0.2) is 4.87 Å². The van der Waals surface area contributed by atoms with E-state index in [1.54, 1.807) is 0 Å². The molecule has 0 spiro atoms. The summed E-state index contributed by atoms with van der Waals surface area (Å²) in [6.45, 7) is 0. The molecular weight excluding hydrogens is 344 g/mol. The van der Waals surface area contributed by atoms with Gasteiger partial charge < -0.3 is 5.73 Å². The van der Waals surface area contributed by atoms with E-state index in [-0.39, 0.29) is 15.5 Å². The smallest absolute Gasteiger partial charge is 0.399 e. The number of hydrogen-bond donors (Lipinski definition) is 1. The summed E-state index contributed by atoms with van der Waals surface area (Å²) in [4.78, 5) is -1.75. The average Bonchev–Trinajstić information content (AvgIpc) is 2.87. The molecule has 0 aliphatic rings. The van der Waals surface area contributed by atoms with Crippen LogP contribution in [0.5, 0.6) is 0 Å². The van der Waals surface area contributed by atoms with Crippen LogP contribution in [0.4, 0.5) is 18.9 Å². The van der Waals surface area contributed by atoms with Gasteiger partial charge in [-0.2, -0.15) is 18.4 Å². The largest absolute Gasteiger partial charge is 0.417 e. The fraction of sp³-hybridized carbons (Fsp3) is 0.154. The Hall–Kier alpha value is -1.42. The summed E-state index contributed by atoms with van der Waals surface area (Å²) in [5, 5.41) is 10.4. The summed E-state index contributed by atoms with van der Waals surface area (Å²) in [6, 6.07) is 6.98. The number of nitrogen functional groups attached to an aromatic ring is 1. The summed E-state index contributed by atoms with van der Waals surface area (Å²) in [5.41, 5.74) is 5.26. The minimum Gasteiger partial charge on any atom is -0.399 e. The van der Waals surface area contributed by atoms with E-state index in [1.807, 2.05) is 6.07 Å². The molecule has 0 bridgehead atoms. The third kappa shape index (κ3) is 2.95. The number of alkyl halides is 4. The molecule has 1 heterocycles. The summed E-state index contributed by atoms with van der Waals surface area (Å²) in [5.74, 6) is 0. The first-order valence-corrected chi connectivity index (χ1v) is 7.14. The molecule has 1 unspecified atom stereocenters. The predicted octanol–water partition coefficient (Wildman–Crippen LogP) is 5.01. The van der Waals surface area contributed by atoms with E-state index in [0.29, 0.717) is 5.69 Å². The van der Waals surface area contributed by atoms with Crippen LogP contribution < -0.4 is 5.73 Å². The first-order chi connectivity index (χ1) is 9.68. The predicted molar refractivity (Wildman–Crippen MR) is 77.4 cm³/mol. The topological polar surface area (TPSA) is 49.8 Å². The van der Waals surface area contributed by atoms with Crippen molar-refractivity contribution in [1.82, 2.24) is 0 Å². The highest BCUT2D eigenvalue weighted by Crippen LogP contribution is 2.45. The highest BCUT2D eigenvalue weighted by Gasteiger charge is 2.39. The standard InChI is InChI=1S/C13H7Cl2F3N2S/c14-10-4-8(20)1-2-9(10)12(15,6-19)11-3-7(5-21-11)13(16,17)18/h1-5H,20H2. The van der Waals surface area contributed by atoms with Crippen LogP contribution in [0.15, 0.2) is 29.6 Å². The molecule has 2 rings (SSSR count). The zero-order valence-electron chi connectivity index (χ0n) is 10.2. The van der Waals surface area contributed by atoms with Gasteiger partial charge in [0.1, 0.15) is 0 Å². The molecular formula is C13H7Cl2F3N2S. The molecule has 0 saturated heterocycles. The van der Waals surface area contributed by atoms with Crippen LogP contribution in [0.1, 0.15) is 16.0 Å². The Morgan fingerprint density at radius 3 is 2.38 bits per heavy atom. The van der Waals surface area contributed by atoms with Crippen molar-refractivity contribution in [2.75, 3.05) is 5.73 Å². The first kappa shape index (κ1) is 16.0. The molecule has 0 saturated carbocycles. The molecule has 1 aromatic carbocycles. The molecule has 0 fully saturated rings. The van der Waals surface area contributed by atoms with Crippen molar-refractivity contribution in [2.24, 2.45) is 0 Å². The Kier molecular flexibility index (Phi) is 4.11. The fourth-order valence-electron chi connectivity index (χ4n) is 1.72. The number of hydrogen-bond acceptors (Lipinski definition) is 3. The summed E-state index contributed by atoms with van der Waals surface area (Å²) < 4.78 is 38.0. The fourth-order valence-corrected chi connectivity index (χ4v) is 3.42. The van der Waals surface area contributed by atoms with Gasteiger partial charge in [-0.15, -0.1) is 11.3 Å². The molecule has 0 radical (unpaired) electrons. The van der Waals surface area contributed by atoms with E-state index >= 15 is 0 Å². The highest BCUT2D eigenvalue weighted by atomic mass is 35.5. The maximum atomic E-state index is 12.7. The summed E-state index contributed by atoms with van der Waals surface area (Å²) in [6.07, 6.45) is -4.49. The Labute approximate surface area is 132 Å². The van der Waals surface area contributed by atoms with Gasteiger partial charge in [-0.3, -0.25) is 0 Å². The molecule has 2 nitrogen and oxygen atoms in total. The number of rotatable bonds is 2. The van der Waals surface area contributed by atoms with E-state index in [0.717, 1.165) is 22.8 Å². The van der Waals surface area contributed by atoms with E-state index in [1.165, 1.54) is 18.2 Å². The van der Waals surface area contributed by atoms with Crippen LogP contribution in [-0.4, -0.2) is 0 Å². The minimum atomic E-state index is -4.49. The number of nitrogens with two attached hydrogens (primary N) is 1. The number of anilines is 1. The van der Waals surface area contributed by atoms with Crippen molar-refractivity contribution < 1.29 is 13.2 Å². The van der Waals surface area contributed by atoms with Gasteiger partial charge in [-0.25, -0.2) is 0 Å². The van der Waals surface area contributed by atoms with Crippen molar-refractivity contribution >= 4 is 40.2 Å². The monoisotopic (exact) mass is 350 g/mol. The van der Waals surface area contributed by atoms with Crippen molar-refractivity contribution in [3.8, 4) is 6.07 Å². The minimum absolute atomic E-state index is 0.0469. The third-order valence-electron chi connectivity index (χ3n) is 2.78. The van der Waals surface area contributed by atoms with Crippen molar-refractivity contribution in [2.45, 2.75) is 11.1 Å². The van der Waals surface area contributed by atoms with Crippen LogP contribution in [0.2, 0.25) is 5.02 Å². The van der Waals surface area contributed by atoms with Crippen LogP contribution in [0.25, 0.3) is 0 Å². The van der Waals surface area contributed by atoms with Gasteiger partial charge in [-0.05, 0) is 18.2 Å². The van der Waals surface area contributed by atoms with Gasteiger partial charge in [0.25, 0.3) is 0 Å². The number of nitriles is 1. The second-order valence-corrected chi connectivity index (χ2v) is 6.09. The van der Waals surface area contributed by atoms with Gasteiger partial charge in [0.2, 0.25) is 0 Å². The summed E-state index contributed by atoms with van der Waals surface area (Å²) in [7, 11) is 0. The van der Waals surface area contributed by atoms with E-state index < -0.39 is 16.6 Å². The lowest BCUT2D eigenvalue weighted by molar-refractivity contribution is -0.137. The van der Waals surface area contributed by atoms with Crippen molar-refractivity contribution in [3.63, 3.8) is 0 Å². The summed E-state index contributed by atoms with van der Waals surface area (Å²) >= 11 is 13.0. The quantitative estimate of drug-likeness (QED) is 0.611. The third-order valence-corrected chi connectivity index (χ3v) is 4.75. The molecule has 110 valence electrons. The maximum absolute atomic E-state index is 12.7. The average molecular weight is 351 g/mol. The molecule has 0 amide bonds. The molecule has 2 aromatic rings. The lowest BCUT2D eigenvalue weighted by Gasteiger charge is -2.19. The van der Waals surface area contributed by atoms with E-state index in [2.05, 4.69) is 0 Å². The second kappa shape index (κ2) is 5.41. The van der Waals surface area contributed by atoms with Gasteiger partial charge >= 0.3 is 6.18 Å². The van der Waals surface area contributed by atoms with Crippen molar-refractivity contribution in [3.05, 3.63) is 50.7 Å². The number of thiophene rings is 1. The van der Waals surface area contributed by atoms with Crippen LogP contribution in [0.3, 0.4) is 0 Å². The maximum Gasteiger partial charge on any atom is 0.417 e. The van der Waals surface area contributed by atoms with Crippen LogP contribution in [0, 0.1) is 11.3 Å². The number of benzene rings is 1. The molecule has 2 N–H and O–H groups in total. The van der Waals surface area contributed by atoms with Crippen LogP contribution >= 0.6 is 34.5 Å². The van der Waals surface area contributed by atoms with Gasteiger partial charge in [-0.1, -0.05) is 29.3 Å². The Morgan fingerprint density at radius 2 is 1.90 bits per heavy atom. The van der Waals surface area contributed by atoms with Crippen LogP contribution in [-0.2, 0) is 11.1 Å². The van der Waals surface area contributed by atoms with E-state index in [9.17, 15) is 18.4 Å². The number of nitrogens with zero attached hydrogens (tertiary/aromatic N) is 1. The number of halogens is 5. The molecule has 1 aromatic heterocycles. The van der Waals surface area contributed by atoms with Crippen molar-refractivity contribution in [1.29, 1.82) is 5.26 Å². The molecule has 8 heteroatoms. The molecule has 21 heavy (non-hydrogen) atoms. The van der Waals surface area contributed by atoms with Gasteiger partial charge in [0.05, 0.1) is 11.6 Å².